The van der Waals surface area contributed by atoms with Crippen LogP contribution in [0, 0.1) is 0 Å². The van der Waals surface area contributed by atoms with E-state index in [1.807, 2.05) is 0 Å². The zero-order chi connectivity index (χ0) is 17.9. The maximum Gasteiger partial charge on any atom is 0.271 e. The number of hydrogen-bond donors (Lipinski definition) is 1. The van der Waals surface area contributed by atoms with Crippen molar-refractivity contribution in [2.45, 2.75) is 13.1 Å². The molecule has 130 valence electrons. The largest absolute Gasteiger partial charge is 0.345 e. The third-order valence-corrected chi connectivity index (χ3v) is 4.47. The Morgan fingerprint density at radius 3 is 3.12 bits per heavy atom. The lowest BCUT2D eigenvalue weighted by atomic mass is 10.3. The van der Waals surface area contributed by atoms with E-state index in [1.54, 1.807) is 36.0 Å². The van der Waals surface area contributed by atoms with Crippen molar-refractivity contribution in [3.05, 3.63) is 58.5 Å². The zero-order valence-electron chi connectivity index (χ0n) is 13.3. The van der Waals surface area contributed by atoms with Gasteiger partial charge in [-0.05, 0) is 23.6 Å². The minimum absolute atomic E-state index is 0.0650. The summed E-state index contributed by atoms with van der Waals surface area (Å²) >= 11 is 1.30. The van der Waals surface area contributed by atoms with Gasteiger partial charge in [-0.2, -0.15) is 4.98 Å². The van der Waals surface area contributed by atoms with Crippen LogP contribution in [-0.4, -0.2) is 30.6 Å². The van der Waals surface area contributed by atoms with Gasteiger partial charge in [0.15, 0.2) is 0 Å². The van der Waals surface area contributed by atoms with Crippen LogP contribution in [0.1, 0.15) is 5.89 Å². The highest BCUT2D eigenvalue weighted by Crippen LogP contribution is 2.14. The standard InChI is InChI=1S/C16H12N6O3S/c23-12(8-22-9-19-11-3-5-26-14(11)16(22)24)18-7-13-20-15(21-25-13)10-2-1-4-17-6-10/h1-6,9H,7-8H2,(H,18,23). The van der Waals surface area contributed by atoms with Crippen LogP contribution >= 0.6 is 11.3 Å². The predicted octanol–water partition coefficient (Wildman–Crippen LogP) is 1.22. The molecule has 26 heavy (non-hydrogen) atoms. The van der Waals surface area contributed by atoms with Gasteiger partial charge in [0.2, 0.25) is 17.6 Å². The summed E-state index contributed by atoms with van der Waals surface area (Å²) in [5.74, 6) is 0.299. The average molecular weight is 368 g/mol. The molecule has 0 bridgehead atoms. The van der Waals surface area contributed by atoms with E-state index >= 15 is 0 Å². The van der Waals surface area contributed by atoms with Crippen LogP contribution < -0.4 is 10.9 Å². The van der Waals surface area contributed by atoms with E-state index < -0.39 is 0 Å². The first-order valence-corrected chi connectivity index (χ1v) is 8.51. The van der Waals surface area contributed by atoms with Crippen molar-refractivity contribution in [1.82, 2.24) is 30.0 Å². The van der Waals surface area contributed by atoms with Gasteiger partial charge in [0.05, 0.1) is 18.4 Å². The minimum Gasteiger partial charge on any atom is -0.345 e. The highest BCUT2D eigenvalue weighted by molar-refractivity contribution is 7.17. The SMILES string of the molecule is O=C(Cn1cnc2ccsc2c1=O)NCc1nc(-c2cccnc2)no1. The first-order valence-electron chi connectivity index (χ1n) is 7.63. The van der Waals surface area contributed by atoms with Gasteiger partial charge in [-0.25, -0.2) is 4.98 Å². The van der Waals surface area contributed by atoms with Crippen LogP contribution in [0.3, 0.4) is 0 Å². The molecule has 1 amide bonds. The maximum atomic E-state index is 12.3. The molecule has 0 aliphatic rings. The quantitative estimate of drug-likeness (QED) is 0.563. The van der Waals surface area contributed by atoms with Gasteiger partial charge < -0.3 is 9.84 Å². The smallest absolute Gasteiger partial charge is 0.271 e. The summed E-state index contributed by atoms with van der Waals surface area (Å²) in [6, 6.07) is 5.34. The van der Waals surface area contributed by atoms with Gasteiger partial charge in [0.25, 0.3) is 5.56 Å². The molecule has 4 rings (SSSR count). The lowest BCUT2D eigenvalue weighted by Gasteiger charge is -2.05. The fourth-order valence-corrected chi connectivity index (χ4v) is 3.11. The summed E-state index contributed by atoms with van der Waals surface area (Å²) in [4.78, 5) is 36.7. The van der Waals surface area contributed by atoms with E-state index in [1.165, 1.54) is 22.2 Å². The molecular formula is C16H12N6O3S. The molecule has 10 heteroatoms. The van der Waals surface area contributed by atoms with Gasteiger partial charge >= 0.3 is 0 Å². The molecule has 1 N–H and O–H groups in total. The Morgan fingerprint density at radius 2 is 2.27 bits per heavy atom. The molecule has 0 aliphatic carbocycles. The van der Waals surface area contributed by atoms with Crippen molar-refractivity contribution in [1.29, 1.82) is 0 Å². The van der Waals surface area contributed by atoms with Gasteiger partial charge in [-0.15, -0.1) is 11.3 Å². The number of pyridine rings is 1. The lowest BCUT2D eigenvalue weighted by Crippen LogP contribution is -2.32. The third-order valence-electron chi connectivity index (χ3n) is 3.57. The Kier molecular flexibility index (Phi) is 4.23. The molecule has 4 aromatic rings. The Balaban J connectivity index is 1.40. The summed E-state index contributed by atoms with van der Waals surface area (Å²) < 4.78 is 6.90. The molecule has 4 heterocycles. The summed E-state index contributed by atoms with van der Waals surface area (Å²) in [6.45, 7) is -0.0706. The van der Waals surface area contributed by atoms with Crippen LogP contribution in [-0.2, 0) is 17.9 Å². The number of fused-ring (bicyclic) bond motifs is 1. The highest BCUT2D eigenvalue weighted by atomic mass is 32.1. The highest BCUT2D eigenvalue weighted by Gasteiger charge is 2.12. The average Bonchev–Trinajstić information content (AvgIpc) is 3.33. The molecule has 9 nitrogen and oxygen atoms in total. The monoisotopic (exact) mass is 368 g/mol. The Bertz CT molecular complexity index is 1120. The second-order valence-electron chi connectivity index (χ2n) is 5.34. The number of nitrogens with zero attached hydrogens (tertiary/aromatic N) is 5. The Morgan fingerprint density at radius 1 is 1.35 bits per heavy atom. The van der Waals surface area contributed by atoms with Crippen molar-refractivity contribution in [3.63, 3.8) is 0 Å². The minimum atomic E-state index is -0.356. The van der Waals surface area contributed by atoms with E-state index in [-0.39, 0.29) is 30.4 Å². The summed E-state index contributed by atoms with van der Waals surface area (Å²) in [7, 11) is 0. The van der Waals surface area contributed by atoms with Crippen LogP contribution in [0.15, 0.2) is 51.6 Å². The first-order chi connectivity index (χ1) is 12.7. The molecule has 0 saturated heterocycles. The summed E-state index contributed by atoms with van der Waals surface area (Å²) in [5, 5.41) is 8.29. The molecule has 0 aliphatic heterocycles. The van der Waals surface area contributed by atoms with Crippen molar-refractivity contribution in [2.24, 2.45) is 0 Å². The van der Waals surface area contributed by atoms with Gasteiger partial charge in [-0.1, -0.05) is 5.16 Å². The fraction of sp³-hybridized carbons (Fsp3) is 0.125. The van der Waals surface area contributed by atoms with E-state index in [0.717, 1.165) is 5.56 Å². The Labute approximate surface area is 150 Å². The third kappa shape index (κ3) is 3.22. The molecule has 0 fully saturated rings. The number of rotatable bonds is 5. The van der Waals surface area contributed by atoms with E-state index in [0.29, 0.717) is 16.0 Å². The second kappa shape index (κ2) is 6.84. The van der Waals surface area contributed by atoms with Crippen LogP contribution in [0.4, 0.5) is 0 Å². The fourth-order valence-electron chi connectivity index (χ4n) is 2.32. The molecule has 0 atom stereocenters. The maximum absolute atomic E-state index is 12.3. The van der Waals surface area contributed by atoms with Crippen molar-refractivity contribution in [2.75, 3.05) is 0 Å². The number of hydrogen-bond acceptors (Lipinski definition) is 8. The number of carbonyl (C=O) groups excluding carboxylic acids is 1. The summed E-state index contributed by atoms with van der Waals surface area (Å²) in [5.41, 5.74) is 1.11. The van der Waals surface area contributed by atoms with Gasteiger partial charge in [0.1, 0.15) is 11.2 Å². The van der Waals surface area contributed by atoms with Crippen LogP contribution in [0.2, 0.25) is 0 Å². The van der Waals surface area contributed by atoms with E-state index in [9.17, 15) is 9.59 Å². The second-order valence-corrected chi connectivity index (χ2v) is 6.26. The topological polar surface area (TPSA) is 116 Å². The number of carbonyl (C=O) groups is 1. The molecule has 0 unspecified atom stereocenters. The number of amides is 1. The lowest BCUT2D eigenvalue weighted by molar-refractivity contribution is -0.122. The zero-order valence-corrected chi connectivity index (χ0v) is 14.1. The Hall–Kier alpha value is -3.40. The van der Waals surface area contributed by atoms with Gasteiger partial charge in [0, 0.05) is 18.0 Å². The van der Waals surface area contributed by atoms with E-state index in [4.69, 9.17) is 4.52 Å². The van der Waals surface area contributed by atoms with Crippen molar-refractivity contribution < 1.29 is 9.32 Å². The molecule has 0 saturated carbocycles. The summed E-state index contributed by atoms with van der Waals surface area (Å²) in [6.07, 6.45) is 4.63. The normalized spacial score (nSPS) is 10.9. The molecule has 0 spiro atoms. The molecule has 0 aromatic carbocycles. The van der Waals surface area contributed by atoms with Crippen LogP contribution in [0.25, 0.3) is 21.6 Å². The number of thiophene rings is 1. The van der Waals surface area contributed by atoms with Crippen molar-refractivity contribution >= 4 is 27.5 Å². The van der Waals surface area contributed by atoms with Gasteiger partial charge in [-0.3, -0.25) is 19.1 Å². The van der Waals surface area contributed by atoms with Crippen molar-refractivity contribution in [3.8, 4) is 11.4 Å². The molecule has 0 radical (unpaired) electrons. The number of aromatic nitrogens is 5. The molecule has 4 aromatic heterocycles. The van der Waals surface area contributed by atoms with Crippen LogP contribution in [0.5, 0.6) is 0 Å². The predicted molar refractivity (Wildman–Crippen MR) is 93.3 cm³/mol. The first kappa shape index (κ1) is 16.1. The number of nitrogens with one attached hydrogen (secondary N) is 1. The van der Waals surface area contributed by atoms with E-state index in [2.05, 4.69) is 25.4 Å². The molecular weight excluding hydrogens is 356 g/mol.